The number of hydrogen-bond donors (Lipinski definition) is 3. The Kier molecular flexibility index (Phi) is 4.38. The molecule has 0 aliphatic carbocycles. The molecule has 0 aliphatic rings. The van der Waals surface area contributed by atoms with Gasteiger partial charge in [0.2, 0.25) is 11.9 Å². The fourth-order valence-electron chi connectivity index (χ4n) is 2.22. The Hall–Kier alpha value is -3.41. The zero-order chi connectivity index (χ0) is 16.9. The number of anilines is 2. The van der Waals surface area contributed by atoms with Gasteiger partial charge < -0.3 is 10.3 Å². The maximum absolute atomic E-state index is 12.0. The minimum absolute atomic E-state index is 0.122. The molecule has 0 bridgehead atoms. The number of rotatable bonds is 4. The second-order valence-electron chi connectivity index (χ2n) is 5.23. The average molecular weight is 320 g/mol. The highest BCUT2D eigenvalue weighted by molar-refractivity contribution is 6.01. The second-order valence-corrected chi connectivity index (χ2v) is 5.23. The maximum Gasteiger partial charge on any atom is 0.250 e. The summed E-state index contributed by atoms with van der Waals surface area (Å²) in [7, 11) is 0. The van der Waals surface area contributed by atoms with Crippen LogP contribution in [0.25, 0.3) is 17.1 Å². The maximum atomic E-state index is 12.0. The zero-order valence-electron chi connectivity index (χ0n) is 13.0. The van der Waals surface area contributed by atoms with Gasteiger partial charge in [-0.15, -0.1) is 0 Å². The van der Waals surface area contributed by atoms with Gasteiger partial charge in [0, 0.05) is 18.7 Å². The summed E-state index contributed by atoms with van der Waals surface area (Å²) < 4.78 is 0. The highest BCUT2D eigenvalue weighted by Crippen LogP contribution is 2.14. The third kappa shape index (κ3) is 3.86. The number of aromatic nitrogens is 2. The molecule has 6 heteroatoms. The molecule has 24 heavy (non-hydrogen) atoms. The quantitative estimate of drug-likeness (QED) is 0.645. The molecule has 2 amide bonds. The molecule has 1 aromatic heterocycles. The Balaban J connectivity index is 1.63. The first-order valence-corrected chi connectivity index (χ1v) is 7.41. The number of amides is 2. The van der Waals surface area contributed by atoms with Crippen LogP contribution in [0.1, 0.15) is 12.5 Å². The molecular weight excluding hydrogens is 304 g/mol. The highest BCUT2D eigenvalue weighted by atomic mass is 16.2. The van der Waals surface area contributed by atoms with Gasteiger partial charge in [0.15, 0.2) is 0 Å². The van der Waals surface area contributed by atoms with E-state index < -0.39 is 0 Å². The van der Waals surface area contributed by atoms with E-state index in [9.17, 15) is 9.59 Å². The number of nitrogens with zero attached hydrogens (tertiary/aromatic N) is 1. The third-order valence-electron chi connectivity index (χ3n) is 3.29. The number of H-pyrrole nitrogens is 1. The molecule has 3 rings (SSSR count). The van der Waals surface area contributed by atoms with E-state index in [1.807, 2.05) is 36.4 Å². The first-order chi connectivity index (χ1) is 11.6. The summed E-state index contributed by atoms with van der Waals surface area (Å²) in [6.07, 6.45) is 3.12. The average Bonchev–Trinajstić information content (AvgIpc) is 2.96. The number of fused-ring (bicyclic) bond motifs is 1. The van der Waals surface area contributed by atoms with Gasteiger partial charge in [-0.1, -0.05) is 24.3 Å². The topological polar surface area (TPSA) is 86.9 Å². The molecule has 0 aliphatic heterocycles. The fourth-order valence-corrected chi connectivity index (χ4v) is 2.22. The minimum Gasteiger partial charge on any atom is -0.326 e. The third-order valence-corrected chi connectivity index (χ3v) is 3.29. The van der Waals surface area contributed by atoms with E-state index >= 15 is 0 Å². The van der Waals surface area contributed by atoms with E-state index in [0.29, 0.717) is 11.6 Å². The molecule has 6 nitrogen and oxygen atoms in total. The predicted molar refractivity (Wildman–Crippen MR) is 94.5 cm³/mol. The Bertz CT molecular complexity index is 877. The molecule has 0 saturated heterocycles. The number of benzene rings is 2. The van der Waals surface area contributed by atoms with Crippen molar-refractivity contribution < 1.29 is 9.59 Å². The number of imidazole rings is 1. The molecule has 0 spiro atoms. The number of hydrogen-bond acceptors (Lipinski definition) is 3. The van der Waals surface area contributed by atoms with Gasteiger partial charge in [-0.2, -0.15) is 0 Å². The van der Waals surface area contributed by atoms with Crippen molar-refractivity contribution in [2.45, 2.75) is 6.92 Å². The van der Waals surface area contributed by atoms with Crippen molar-refractivity contribution in [3.8, 4) is 0 Å². The van der Waals surface area contributed by atoms with Crippen LogP contribution in [-0.2, 0) is 9.59 Å². The van der Waals surface area contributed by atoms with Crippen LogP contribution in [0.3, 0.4) is 0 Å². The second kappa shape index (κ2) is 6.78. The van der Waals surface area contributed by atoms with Crippen molar-refractivity contribution in [3.05, 3.63) is 60.2 Å². The highest BCUT2D eigenvalue weighted by Gasteiger charge is 2.04. The standard InChI is InChI=1S/C18H16N4O2/c1-12(23)19-14-9-6-13(7-10-14)8-11-17(24)22-18-20-15-4-2-3-5-16(15)21-18/h2-11H,1H3,(H,19,23)(H2,20,21,22,24)/b11-8+. The monoisotopic (exact) mass is 320 g/mol. The van der Waals surface area contributed by atoms with Crippen LogP contribution >= 0.6 is 0 Å². The molecule has 120 valence electrons. The van der Waals surface area contributed by atoms with E-state index in [4.69, 9.17) is 0 Å². The van der Waals surface area contributed by atoms with Crippen LogP contribution in [0.5, 0.6) is 0 Å². The molecular formula is C18H16N4O2. The largest absolute Gasteiger partial charge is 0.326 e. The molecule has 1 heterocycles. The summed E-state index contributed by atoms with van der Waals surface area (Å²) in [6, 6.07) is 14.7. The summed E-state index contributed by atoms with van der Waals surface area (Å²) in [5.74, 6) is 0.00959. The lowest BCUT2D eigenvalue weighted by molar-refractivity contribution is -0.114. The van der Waals surface area contributed by atoms with Crippen LogP contribution in [0.15, 0.2) is 54.6 Å². The Morgan fingerprint density at radius 3 is 2.50 bits per heavy atom. The van der Waals surface area contributed by atoms with Gasteiger partial charge in [-0.25, -0.2) is 4.98 Å². The molecule has 3 aromatic rings. The fraction of sp³-hybridized carbons (Fsp3) is 0.0556. The normalized spacial score (nSPS) is 10.9. The van der Waals surface area contributed by atoms with Crippen LogP contribution in [0.4, 0.5) is 11.6 Å². The van der Waals surface area contributed by atoms with E-state index in [-0.39, 0.29) is 11.8 Å². The summed E-state index contributed by atoms with van der Waals surface area (Å²) in [5, 5.41) is 5.38. The lowest BCUT2D eigenvalue weighted by Gasteiger charge is -2.01. The number of para-hydroxylation sites is 2. The van der Waals surface area contributed by atoms with E-state index in [2.05, 4.69) is 20.6 Å². The van der Waals surface area contributed by atoms with Gasteiger partial charge in [-0.3, -0.25) is 14.9 Å². The number of nitrogens with one attached hydrogen (secondary N) is 3. The van der Waals surface area contributed by atoms with Crippen molar-refractivity contribution in [2.24, 2.45) is 0 Å². The molecule has 0 saturated carbocycles. The Morgan fingerprint density at radius 1 is 1.04 bits per heavy atom. The van der Waals surface area contributed by atoms with Gasteiger partial charge >= 0.3 is 0 Å². The van der Waals surface area contributed by atoms with Crippen LogP contribution < -0.4 is 10.6 Å². The van der Waals surface area contributed by atoms with Crippen molar-refractivity contribution in [2.75, 3.05) is 10.6 Å². The molecule has 0 radical (unpaired) electrons. The molecule has 2 aromatic carbocycles. The first kappa shape index (κ1) is 15.5. The first-order valence-electron chi connectivity index (χ1n) is 7.41. The van der Waals surface area contributed by atoms with Gasteiger partial charge in [-0.05, 0) is 35.9 Å². The summed E-state index contributed by atoms with van der Waals surface area (Å²) in [6.45, 7) is 1.45. The van der Waals surface area contributed by atoms with Crippen molar-refractivity contribution >= 4 is 40.6 Å². The van der Waals surface area contributed by atoms with Gasteiger partial charge in [0.25, 0.3) is 5.91 Å². The lowest BCUT2D eigenvalue weighted by atomic mass is 10.2. The van der Waals surface area contributed by atoms with E-state index in [1.54, 1.807) is 18.2 Å². The molecule has 0 fully saturated rings. The van der Waals surface area contributed by atoms with Crippen molar-refractivity contribution in [1.29, 1.82) is 0 Å². The summed E-state index contributed by atoms with van der Waals surface area (Å²) in [5.41, 5.74) is 3.23. The van der Waals surface area contributed by atoms with E-state index in [1.165, 1.54) is 13.0 Å². The molecule has 0 atom stereocenters. The number of aromatic amines is 1. The van der Waals surface area contributed by atoms with Crippen LogP contribution in [-0.4, -0.2) is 21.8 Å². The smallest absolute Gasteiger partial charge is 0.250 e. The predicted octanol–water partition coefficient (Wildman–Crippen LogP) is 3.17. The van der Waals surface area contributed by atoms with Crippen LogP contribution in [0.2, 0.25) is 0 Å². The zero-order valence-corrected chi connectivity index (χ0v) is 13.0. The summed E-state index contributed by atoms with van der Waals surface area (Å²) in [4.78, 5) is 30.2. The van der Waals surface area contributed by atoms with Crippen LogP contribution in [0, 0.1) is 0 Å². The Labute approximate surface area is 138 Å². The van der Waals surface area contributed by atoms with Crippen molar-refractivity contribution in [3.63, 3.8) is 0 Å². The summed E-state index contributed by atoms with van der Waals surface area (Å²) >= 11 is 0. The van der Waals surface area contributed by atoms with E-state index in [0.717, 1.165) is 16.6 Å². The molecule has 0 unspecified atom stereocenters. The van der Waals surface area contributed by atoms with Gasteiger partial charge in [0.05, 0.1) is 11.0 Å². The Morgan fingerprint density at radius 2 is 1.79 bits per heavy atom. The SMILES string of the molecule is CC(=O)Nc1ccc(/C=C/C(=O)Nc2nc3ccccc3[nH]2)cc1. The minimum atomic E-state index is -0.278. The van der Waals surface area contributed by atoms with Crippen molar-refractivity contribution in [1.82, 2.24) is 9.97 Å². The number of carbonyl (C=O) groups is 2. The number of carbonyl (C=O) groups excluding carboxylic acids is 2. The lowest BCUT2D eigenvalue weighted by Crippen LogP contribution is -2.08. The van der Waals surface area contributed by atoms with Gasteiger partial charge in [0.1, 0.15) is 0 Å². The molecule has 3 N–H and O–H groups in total.